The smallest absolute Gasteiger partial charge is 0.0349 e. The van der Waals surface area contributed by atoms with Crippen molar-refractivity contribution in [2.45, 2.75) is 0 Å². The largest absolute Gasteiger partial charge is 0.135 e. The first kappa shape index (κ1) is 32.4. The molecule has 0 aliphatic carbocycles. The summed E-state index contributed by atoms with van der Waals surface area (Å²) in [4.78, 5) is 2.53. The molecule has 0 radical (unpaired) electrons. The van der Waals surface area contributed by atoms with Gasteiger partial charge in [0.2, 0.25) is 0 Å². The van der Waals surface area contributed by atoms with Crippen LogP contribution in [0, 0.1) is 0 Å². The minimum absolute atomic E-state index is 1.19. The zero-order valence-corrected chi connectivity index (χ0v) is 30.0. The second kappa shape index (κ2) is 14.6. The molecule has 0 amide bonds. The van der Waals surface area contributed by atoms with Crippen LogP contribution < -0.4 is 0 Å². The topological polar surface area (TPSA) is 0 Å². The molecule has 0 N–H and O–H groups in total. The summed E-state index contributed by atoms with van der Waals surface area (Å²) in [5.74, 6) is 0. The maximum atomic E-state index is 2.42. The first-order chi connectivity index (χ1) is 26.3. The third kappa shape index (κ3) is 6.55. The van der Waals surface area contributed by atoms with Gasteiger partial charge in [0, 0.05) is 9.75 Å². The Morgan fingerprint density at radius 2 is 0.660 bits per heavy atom. The Hall–Kier alpha value is -6.54. The van der Waals surface area contributed by atoms with Crippen molar-refractivity contribution in [1.82, 2.24) is 0 Å². The standard InChI is InChI=1S/C52H36S/c1-6-18-37(19-7-1)46(38-20-8-2-9-21-38)35-49-43-28-16-17-29-44(43)50(36-47(39-22-10-3-11-23-39)40-24-12-4-13-25-40)48-34-42(30-31-45(48)49)52-33-32-51(53-52)41-26-14-5-15-27-41/h1-36H. The fraction of sp³-hybridized carbons (Fsp3) is 0. The molecule has 0 fully saturated rings. The first-order valence-corrected chi connectivity index (χ1v) is 18.9. The molecule has 1 aromatic heterocycles. The summed E-state index contributed by atoms with van der Waals surface area (Å²) < 4.78 is 0. The van der Waals surface area contributed by atoms with Crippen LogP contribution in [0.15, 0.2) is 206 Å². The van der Waals surface area contributed by atoms with Gasteiger partial charge in [-0.05, 0) is 108 Å². The highest BCUT2D eigenvalue weighted by molar-refractivity contribution is 7.18. The summed E-state index contributed by atoms with van der Waals surface area (Å²) in [6.07, 6.45) is 4.84. The summed E-state index contributed by atoms with van der Waals surface area (Å²) in [6, 6.07) is 74.3. The van der Waals surface area contributed by atoms with Gasteiger partial charge >= 0.3 is 0 Å². The molecule has 0 saturated carbocycles. The Kier molecular flexibility index (Phi) is 8.92. The Bertz CT molecular complexity index is 2640. The van der Waals surface area contributed by atoms with Crippen molar-refractivity contribution in [3.63, 3.8) is 0 Å². The lowest BCUT2D eigenvalue weighted by molar-refractivity contribution is 1.55. The molecule has 0 nitrogen and oxygen atoms in total. The van der Waals surface area contributed by atoms with Gasteiger partial charge in [0.1, 0.15) is 0 Å². The summed E-state index contributed by atoms with van der Waals surface area (Å²) in [5, 5.41) is 4.91. The molecule has 1 heteroatoms. The maximum absolute atomic E-state index is 2.42. The average Bonchev–Trinajstić information content (AvgIpc) is 3.74. The molecular formula is C52H36S. The normalized spacial score (nSPS) is 11.0. The number of hydrogen-bond donors (Lipinski definition) is 0. The van der Waals surface area contributed by atoms with E-state index in [4.69, 9.17) is 0 Å². The van der Waals surface area contributed by atoms with E-state index in [0.717, 1.165) is 0 Å². The molecule has 0 spiro atoms. The van der Waals surface area contributed by atoms with Gasteiger partial charge in [0.05, 0.1) is 0 Å². The first-order valence-electron chi connectivity index (χ1n) is 18.1. The molecule has 0 bridgehead atoms. The summed E-state index contributed by atoms with van der Waals surface area (Å²) in [6.45, 7) is 0. The van der Waals surface area contributed by atoms with E-state index < -0.39 is 0 Å². The van der Waals surface area contributed by atoms with Crippen molar-refractivity contribution in [2.75, 3.05) is 0 Å². The van der Waals surface area contributed by atoms with Gasteiger partial charge < -0.3 is 0 Å². The monoisotopic (exact) mass is 692 g/mol. The zero-order chi connectivity index (χ0) is 35.4. The molecule has 0 aliphatic heterocycles. The highest BCUT2D eigenvalue weighted by Gasteiger charge is 2.17. The second-order valence-electron chi connectivity index (χ2n) is 13.2. The van der Waals surface area contributed by atoms with Gasteiger partial charge in [-0.2, -0.15) is 0 Å². The van der Waals surface area contributed by atoms with Gasteiger partial charge in [-0.15, -0.1) is 11.3 Å². The van der Waals surface area contributed by atoms with Crippen LogP contribution >= 0.6 is 11.3 Å². The predicted octanol–water partition coefficient (Wildman–Crippen LogP) is 14.6. The number of fused-ring (bicyclic) bond motifs is 2. The highest BCUT2D eigenvalue weighted by Crippen LogP contribution is 2.42. The van der Waals surface area contributed by atoms with Gasteiger partial charge in [0.15, 0.2) is 0 Å². The number of hydrogen-bond acceptors (Lipinski definition) is 1. The maximum Gasteiger partial charge on any atom is 0.0349 e. The Balaban J connectivity index is 1.36. The molecule has 9 rings (SSSR count). The van der Waals surface area contributed by atoms with Crippen LogP contribution in [0.25, 0.3) is 65.7 Å². The van der Waals surface area contributed by atoms with Crippen molar-refractivity contribution in [3.05, 3.63) is 240 Å². The van der Waals surface area contributed by atoms with Crippen LogP contribution in [0.1, 0.15) is 33.4 Å². The molecule has 0 atom stereocenters. The molecule has 250 valence electrons. The van der Waals surface area contributed by atoms with Gasteiger partial charge in [0.25, 0.3) is 0 Å². The van der Waals surface area contributed by atoms with Crippen molar-refractivity contribution in [2.24, 2.45) is 0 Å². The van der Waals surface area contributed by atoms with Gasteiger partial charge in [-0.25, -0.2) is 0 Å². The number of thiophene rings is 1. The lowest BCUT2D eigenvalue weighted by Gasteiger charge is -2.18. The van der Waals surface area contributed by atoms with Crippen LogP contribution in [0.3, 0.4) is 0 Å². The lowest BCUT2D eigenvalue weighted by atomic mass is 9.86. The molecule has 0 unspecified atom stereocenters. The Morgan fingerprint density at radius 1 is 0.302 bits per heavy atom. The lowest BCUT2D eigenvalue weighted by Crippen LogP contribution is -1.94. The summed E-state index contributed by atoms with van der Waals surface area (Å²) in [7, 11) is 0. The van der Waals surface area contributed by atoms with E-state index in [0.29, 0.717) is 0 Å². The molecular weight excluding hydrogens is 657 g/mol. The van der Waals surface area contributed by atoms with Crippen LogP contribution in [0.5, 0.6) is 0 Å². The molecule has 8 aromatic carbocycles. The summed E-state index contributed by atoms with van der Waals surface area (Å²) >= 11 is 1.85. The Labute approximate surface area is 315 Å². The highest BCUT2D eigenvalue weighted by atomic mass is 32.1. The SMILES string of the molecule is C(=C(c1ccccc1)c1ccccc1)c1c2ccccc2c(C=C(c2ccccc2)c2ccccc2)c2cc(-c3ccc(-c4ccccc4)s3)ccc12. The van der Waals surface area contributed by atoms with E-state index in [-0.39, 0.29) is 0 Å². The van der Waals surface area contributed by atoms with Crippen LogP contribution in [0.2, 0.25) is 0 Å². The quantitative estimate of drug-likeness (QED) is 0.110. The molecule has 53 heavy (non-hydrogen) atoms. The van der Waals surface area contributed by atoms with E-state index in [1.165, 1.54) is 87.0 Å². The van der Waals surface area contributed by atoms with Gasteiger partial charge in [-0.1, -0.05) is 188 Å². The van der Waals surface area contributed by atoms with Crippen LogP contribution in [-0.4, -0.2) is 0 Å². The van der Waals surface area contributed by atoms with E-state index in [9.17, 15) is 0 Å². The van der Waals surface area contributed by atoms with Crippen LogP contribution in [0.4, 0.5) is 0 Å². The van der Waals surface area contributed by atoms with Crippen molar-refractivity contribution in [1.29, 1.82) is 0 Å². The summed E-state index contributed by atoms with van der Waals surface area (Å²) in [5.41, 5.74) is 12.1. The van der Waals surface area contributed by atoms with Crippen LogP contribution in [-0.2, 0) is 0 Å². The molecule has 0 aliphatic rings. The van der Waals surface area contributed by atoms with Crippen molar-refractivity contribution >= 4 is 56.2 Å². The van der Waals surface area contributed by atoms with E-state index in [1.54, 1.807) is 0 Å². The van der Waals surface area contributed by atoms with Crippen molar-refractivity contribution < 1.29 is 0 Å². The predicted molar refractivity (Wildman–Crippen MR) is 230 cm³/mol. The zero-order valence-electron chi connectivity index (χ0n) is 29.2. The number of rotatable bonds is 8. The molecule has 0 saturated heterocycles. The van der Waals surface area contributed by atoms with Crippen molar-refractivity contribution in [3.8, 4) is 20.9 Å². The molecule has 9 aromatic rings. The van der Waals surface area contributed by atoms with E-state index >= 15 is 0 Å². The fourth-order valence-corrected chi connectivity index (χ4v) is 8.39. The number of benzene rings is 8. The Morgan fingerprint density at radius 3 is 1.11 bits per heavy atom. The third-order valence-electron chi connectivity index (χ3n) is 9.97. The third-order valence-corrected chi connectivity index (χ3v) is 11.2. The fourth-order valence-electron chi connectivity index (χ4n) is 7.39. The average molecular weight is 693 g/mol. The van der Waals surface area contributed by atoms with E-state index in [1.807, 2.05) is 11.3 Å². The second-order valence-corrected chi connectivity index (χ2v) is 14.3. The minimum Gasteiger partial charge on any atom is -0.135 e. The molecule has 1 heterocycles. The van der Waals surface area contributed by atoms with E-state index in [2.05, 4.69) is 218 Å². The van der Waals surface area contributed by atoms with Gasteiger partial charge in [-0.3, -0.25) is 0 Å². The minimum atomic E-state index is 1.19.